The normalized spacial score (nSPS) is 11.2. The molecule has 3 aromatic rings. The molecule has 0 bridgehead atoms. The maximum atomic E-state index is 6.01. The molecule has 0 unspecified atom stereocenters. The Hall–Kier alpha value is -1.33. The summed E-state index contributed by atoms with van der Waals surface area (Å²) in [6, 6.07) is 8.25. The van der Waals surface area contributed by atoms with Crippen molar-refractivity contribution in [1.82, 2.24) is 9.55 Å². The summed E-state index contributed by atoms with van der Waals surface area (Å²) in [7, 11) is 0. The van der Waals surface area contributed by atoms with E-state index in [0.29, 0.717) is 5.95 Å². The first-order valence-corrected chi connectivity index (χ1v) is 7.26. The van der Waals surface area contributed by atoms with Gasteiger partial charge in [0, 0.05) is 9.35 Å². The molecule has 3 rings (SSSR count). The summed E-state index contributed by atoms with van der Waals surface area (Å²) >= 11 is 5.27. The number of hydrogen-bond acceptors (Lipinski definition) is 3. The van der Waals surface area contributed by atoms with Crippen LogP contribution in [-0.4, -0.2) is 9.55 Å². The highest BCUT2D eigenvalue weighted by Crippen LogP contribution is 2.27. The SMILES string of the molecule is Cc1ccc2nc(N)n(Cc3sccc3Br)c2c1. The van der Waals surface area contributed by atoms with E-state index in [1.165, 1.54) is 10.4 Å². The number of hydrogen-bond donors (Lipinski definition) is 1. The first kappa shape index (κ1) is 11.7. The molecular weight excluding hydrogens is 310 g/mol. The van der Waals surface area contributed by atoms with E-state index in [0.717, 1.165) is 22.1 Å². The van der Waals surface area contributed by atoms with Gasteiger partial charge in [0.25, 0.3) is 0 Å². The molecule has 0 spiro atoms. The van der Waals surface area contributed by atoms with Crippen LogP contribution in [0.4, 0.5) is 5.95 Å². The van der Waals surface area contributed by atoms with Gasteiger partial charge in [-0.3, -0.25) is 0 Å². The second-order valence-electron chi connectivity index (χ2n) is 4.24. The molecule has 1 aromatic carbocycles. The lowest BCUT2D eigenvalue weighted by Gasteiger charge is -2.05. The fourth-order valence-electron chi connectivity index (χ4n) is 2.00. The van der Waals surface area contributed by atoms with Gasteiger partial charge >= 0.3 is 0 Å². The van der Waals surface area contributed by atoms with Gasteiger partial charge in [-0.05, 0) is 52.0 Å². The third-order valence-electron chi connectivity index (χ3n) is 2.93. The van der Waals surface area contributed by atoms with Crippen molar-refractivity contribution >= 4 is 44.2 Å². The summed E-state index contributed by atoms with van der Waals surface area (Å²) in [5.74, 6) is 0.566. The first-order chi connectivity index (χ1) is 8.65. The van der Waals surface area contributed by atoms with E-state index in [1.807, 2.05) is 6.07 Å². The number of benzene rings is 1. The lowest BCUT2D eigenvalue weighted by Crippen LogP contribution is -2.03. The summed E-state index contributed by atoms with van der Waals surface area (Å²) in [5.41, 5.74) is 9.27. The van der Waals surface area contributed by atoms with E-state index in [4.69, 9.17) is 5.73 Å². The Kier molecular flexibility index (Phi) is 2.87. The van der Waals surface area contributed by atoms with Crippen LogP contribution in [-0.2, 0) is 6.54 Å². The van der Waals surface area contributed by atoms with Crippen LogP contribution in [0.15, 0.2) is 34.1 Å². The number of rotatable bonds is 2. The van der Waals surface area contributed by atoms with Gasteiger partial charge in [0.2, 0.25) is 5.95 Å². The Balaban J connectivity index is 2.13. The molecule has 92 valence electrons. The highest BCUT2D eigenvalue weighted by atomic mass is 79.9. The molecular formula is C13H12BrN3S. The number of fused-ring (bicyclic) bond motifs is 1. The van der Waals surface area contributed by atoms with E-state index < -0.39 is 0 Å². The number of anilines is 1. The molecule has 0 fully saturated rings. The maximum Gasteiger partial charge on any atom is 0.201 e. The van der Waals surface area contributed by atoms with Gasteiger partial charge in [-0.2, -0.15) is 0 Å². The van der Waals surface area contributed by atoms with Crippen LogP contribution in [0.3, 0.4) is 0 Å². The van der Waals surface area contributed by atoms with Gasteiger partial charge < -0.3 is 10.3 Å². The van der Waals surface area contributed by atoms with Gasteiger partial charge in [0.15, 0.2) is 0 Å². The number of nitrogens with zero attached hydrogens (tertiary/aromatic N) is 2. The van der Waals surface area contributed by atoms with Gasteiger partial charge in [-0.25, -0.2) is 4.98 Å². The van der Waals surface area contributed by atoms with Crippen molar-refractivity contribution < 1.29 is 0 Å². The molecule has 18 heavy (non-hydrogen) atoms. The van der Waals surface area contributed by atoms with E-state index in [-0.39, 0.29) is 0 Å². The summed E-state index contributed by atoms with van der Waals surface area (Å²) in [5, 5.41) is 2.07. The van der Waals surface area contributed by atoms with Crippen LogP contribution in [0.5, 0.6) is 0 Å². The minimum atomic E-state index is 0.566. The Morgan fingerprint density at radius 1 is 1.39 bits per heavy atom. The van der Waals surface area contributed by atoms with Crippen molar-refractivity contribution in [2.75, 3.05) is 5.73 Å². The van der Waals surface area contributed by atoms with Crippen molar-refractivity contribution in [3.8, 4) is 0 Å². The molecule has 2 heterocycles. The third kappa shape index (κ3) is 1.93. The minimum Gasteiger partial charge on any atom is -0.369 e. The highest BCUT2D eigenvalue weighted by molar-refractivity contribution is 9.10. The number of imidazole rings is 1. The van der Waals surface area contributed by atoms with Crippen molar-refractivity contribution in [2.45, 2.75) is 13.5 Å². The molecule has 0 aliphatic carbocycles. The van der Waals surface area contributed by atoms with Crippen LogP contribution in [0, 0.1) is 6.92 Å². The van der Waals surface area contributed by atoms with E-state index in [1.54, 1.807) is 11.3 Å². The van der Waals surface area contributed by atoms with Crippen LogP contribution < -0.4 is 5.73 Å². The van der Waals surface area contributed by atoms with E-state index in [9.17, 15) is 0 Å². The average Bonchev–Trinajstić information content (AvgIpc) is 2.86. The zero-order chi connectivity index (χ0) is 12.7. The number of aryl methyl sites for hydroxylation is 1. The highest BCUT2D eigenvalue weighted by Gasteiger charge is 2.10. The topological polar surface area (TPSA) is 43.8 Å². The van der Waals surface area contributed by atoms with Gasteiger partial charge in [0.1, 0.15) is 0 Å². The van der Waals surface area contributed by atoms with Crippen LogP contribution >= 0.6 is 27.3 Å². The summed E-state index contributed by atoms with van der Waals surface area (Å²) in [6.07, 6.45) is 0. The maximum absolute atomic E-state index is 6.01. The predicted octanol–water partition coefficient (Wildman–Crippen LogP) is 3.80. The zero-order valence-corrected chi connectivity index (χ0v) is 12.3. The Bertz CT molecular complexity index is 714. The number of nitrogens with two attached hydrogens (primary N) is 1. The molecule has 0 aliphatic rings. The molecule has 0 amide bonds. The minimum absolute atomic E-state index is 0.566. The quantitative estimate of drug-likeness (QED) is 0.780. The second kappa shape index (κ2) is 4.40. The van der Waals surface area contributed by atoms with Crippen molar-refractivity contribution in [3.63, 3.8) is 0 Å². The van der Waals surface area contributed by atoms with Crippen LogP contribution in [0.1, 0.15) is 10.4 Å². The predicted molar refractivity (Wildman–Crippen MR) is 80.0 cm³/mol. The summed E-state index contributed by atoms with van der Waals surface area (Å²) < 4.78 is 3.18. The molecule has 0 saturated carbocycles. The standard InChI is InChI=1S/C13H12BrN3S/c1-8-2-3-10-11(6-8)17(13(15)16-10)7-12-9(14)4-5-18-12/h2-6H,7H2,1H3,(H2,15,16). The number of nitrogen functional groups attached to an aromatic ring is 1. The van der Waals surface area contributed by atoms with Crippen molar-refractivity contribution in [1.29, 1.82) is 0 Å². The first-order valence-electron chi connectivity index (χ1n) is 5.59. The molecule has 0 aliphatic heterocycles. The lowest BCUT2D eigenvalue weighted by molar-refractivity contribution is 0.849. The monoisotopic (exact) mass is 321 g/mol. The number of aromatic nitrogens is 2. The van der Waals surface area contributed by atoms with Gasteiger partial charge in [0.05, 0.1) is 17.6 Å². The molecule has 0 saturated heterocycles. The van der Waals surface area contributed by atoms with Crippen LogP contribution in [0.2, 0.25) is 0 Å². The number of thiophene rings is 1. The molecule has 0 radical (unpaired) electrons. The molecule has 2 N–H and O–H groups in total. The second-order valence-corrected chi connectivity index (χ2v) is 6.10. The molecule has 3 nitrogen and oxygen atoms in total. The van der Waals surface area contributed by atoms with Crippen molar-refractivity contribution in [3.05, 3.63) is 44.6 Å². The lowest BCUT2D eigenvalue weighted by atomic mass is 10.2. The smallest absolute Gasteiger partial charge is 0.201 e. The molecule has 0 atom stereocenters. The number of halogens is 1. The molecule has 5 heteroatoms. The largest absolute Gasteiger partial charge is 0.369 e. The fourth-order valence-corrected chi connectivity index (χ4v) is 3.46. The Labute approximate surface area is 117 Å². The van der Waals surface area contributed by atoms with E-state index >= 15 is 0 Å². The summed E-state index contributed by atoms with van der Waals surface area (Å²) in [6.45, 7) is 2.83. The van der Waals surface area contributed by atoms with Crippen molar-refractivity contribution in [2.24, 2.45) is 0 Å². The summed E-state index contributed by atoms with van der Waals surface area (Å²) in [4.78, 5) is 5.65. The fraction of sp³-hybridized carbons (Fsp3) is 0.154. The van der Waals surface area contributed by atoms with Gasteiger partial charge in [-0.15, -0.1) is 11.3 Å². The average molecular weight is 322 g/mol. The third-order valence-corrected chi connectivity index (χ3v) is 4.84. The Morgan fingerprint density at radius 2 is 2.22 bits per heavy atom. The molecule has 2 aromatic heterocycles. The Morgan fingerprint density at radius 3 is 2.94 bits per heavy atom. The zero-order valence-electron chi connectivity index (χ0n) is 9.85. The van der Waals surface area contributed by atoms with E-state index in [2.05, 4.69) is 56.0 Å². The van der Waals surface area contributed by atoms with Crippen LogP contribution in [0.25, 0.3) is 11.0 Å². The van der Waals surface area contributed by atoms with Gasteiger partial charge in [-0.1, -0.05) is 6.07 Å².